The summed E-state index contributed by atoms with van der Waals surface area (Å²) in [5.41, 5.74) is 4.66. The number of carboxylic acids is 1. The van der Waals surface area contributed by atoms with Gasteiger partial charge in [0.15, 0.2) is 0 Å². The topological polar surface area (TPSA) is 66.6 Å². The minimum atomic E-state index is -1.09. The van der Waals surface area contributed by atoms with E-state index in [0.29, 0.717) is 6.42 Å². The second kappa shape index (κ2) is 6.36. The molecule has 2 atom stereocenters. The maximum atomic E-state index is 10.9. The lowest BCUT2D eigenvalue weighted by molar-refractivity contribution is -0.143. The number of hydrogen-bond donors (Lipinski definition) is 2. The molecule has 0 radical (unpaired) electrons. The molecule has 2 unspecified atom stereocenters. The summed E-state index contributed by atoms with van der Waals surface area (Å²) in [4.78, 5) is 13.3. The molecule has 1 rings (SSSR count). The van der Waals surface area contributed by atoms with E-state index in [-0.39, 0.29) is 0 Å². The largest absolute Gasteiger partial charge is 0.480 e. The predicted molar refractivity (Wildman–Crippen MR) is 68.9 cm³/mol. The maximum Gasteiger partial charge on any atom is 0.323 e. The van der Waals surface area contributed by atoms with Crippen LogP contribution in [0.3, 0.4) is 0 Å². The first-order valence-electron chi connectivity index (χ1n) is 6.70. The smallest absolute Gasteiger partial charge is 0.323 e. The first kappa shape index (κ1) is 14.5. The Balaban J connectivity index is 2.35. The lowest BCUT2D eigenvalue weighted by Crippen LogP contribution is -2.47. The molecule has 1 aliphatic heterocycles. The molecule has 0 amide bonds. The highest BCUT2D eigenvalue weighted by molar-refractivity contribution is 5.77. The highest BCUT2D eigenvalue weighted by Gasteiger charge is 2.28. The fourth-order valence-corrected chi connectivity index (χ4v) is 2.35. The van der Waals surface area contributed by atoms with E-state index in [1.54, 1.807) is 6.92 Å². The zero-order valence-corrected chi connectivity index (χ0v) is 11.1. The number of hydrogen-bond acceptors (Lipinski definition) is 3. The van der Waals surface area contributed by atoms with Gasteiger partial charge in [0, 0.05) is 6.54 Å². The third-order valence-electron chi connectivity index (χ3n) is 3.95. The van der Waals surface area contributed by atoms with Crippen molar-refractivity contribution in [2.45, 2.75) is 51.5 Å². The molecule has 17 heavy (non-hydrogen) atoms. The lowest BCUT2D eigenvalue weighted by Gasteiger charge is -2.25. The zero-order chi connectivity index (χ0) is 12.9. The predicted octanol–water partition coefficient (Wildman–Crippen LogP) is 1.69. The lowest BCUT2D eigenvalue weighted by atomic mass is 9.98. The SMILES string of the molecule is CCC1CCCN(CCC(C)(N)C(=O)O)CC1. The third-order valence-corrected chi connectivity index (χ3v) is 3.95. The molecule has 1 saturated heterocycles. The van der Waals surface area contributed by atoms with Crippen LogP contribution in [0.5, 0.6) is 0 Å². The van der Waals surface area contributed by atoms with Crippen molar-refractivity contribution in [1.82, 2.24) is 4.90 Å². The normalized spacial score (nSPS) is 26.2. The summed E-state index contributed by atoms with van der Waals surface area (Å²) in [5.74, 6) is -0.0532. The second-order valence-electron chi connectivity index (χ2n) is 5.52. The number of carbonyl (C=O) groups is 1. The number of rotatable bonds is 5. The third kappa shape index (κ3) is 4.64. The van der Waals surface area contributed by atoms with Gasteiger partial charge < -0.3 is 15.7 Å². The molecule has 100 valence electrons. The monoisotopic (exact) mass is 242 g/mol. The van der Waals surface area contributed by atoms with E-state index in [4.69, 9.17) is 10.8 Å². The molecule has 0 bridgehead atoms. The molecule has 0 aromatic heterocycles. The standard InChI is InChI=1S/C13H26N2O2/c1-3-11-5-4-8-15(9-6-11)10-7-13(2,14)12(16)17/h11H,3-10,14H2,1-2H3,(H,16,17). The Kier molecular flexibility index (Phi) is 5.40. The van der Waals surface area contributed by atoms with Gasteiger partial charge in [0.1, 0.15) is 5.54 Å². The molecule has 1 heterocycles. The Bertz CT molecular complexity index is 254. The molecular formula is C13H26N2O2. The van der Waals surface area contributed by atoms with Gasteiger partial charge in [-0.1, -0.05) is 13.3 Å². The van der Waals surface area contributed by atoms with E-state index in [1.165, 1.54) is 25.7 Å². The van der Waals surface area contributed by atoms with Crippen molar-refractivity contribution >= 4 is 5.97 Å². The van der Waals surface area contributed by atoms with Crippen molar-refractivity contribution in [3.05, 3.63) is 0 Å². The molecule has 4 heteroatoms. The van der Waals surface area contributed by atoms with Crippen LogP contribution in [-0.4, -0.2) is 41.1 Å². The van der Waals surface area contributed by atoms with Crippen LogP contribution in [0.4, 0.5) is 0 Å². The van der Waals surface area contributed by atoms with Crippen LogP contribution in [0.2, 0.25) is 0 Å². The number of nitrogens with zero attached hydrogens (tertiary/aromatic N) is 1. The molecule has 0 aliphatic carbocycles. The molecule has 4 nitrogen and oxygen atoms in total. The van der Waals surface area contributed by atoms with Crippen LogP contribution in [-0.2, 0) is 4.79 Å². The summed E-state index contributed by atoms with van der Waals surface area (Å²) >= 11 is 0. The van der Waals surface area contributed by atoms with Crippen molar-refractivity contribution in [3.8, 4) is 0 Å². The fraction of sp³-hybridized carbons (Fsp3) is 0.923. The van der Waals surface area contributed by atoms with Crippen LogP contribution in [0.1, 0.15) is 46.0 Å². The molecule has 1 aliphatic rings. The zero-order valence-electron chi connectivity index (χ0n) is 11.1. The van der Waals surface area contributed by atoms with E-state index >= 15 is 0 Å². The summed E-state index contributed by atoms with van der Waals surface area (Å²) in [6.45, 7) is 6.83. The highest BCUT2D eigenvalue weighted by atomic mass is 16.4. The van der Waals surface area contributed by atoms with Crippen LogP contribution < -0.4 is 5.73 Å². The van der Waals surface area contributed by atoms with Crippen molar-refractivity contribution in [2.75, 3.05) is 19.6 Å². The van der Waals surface area contributed by atoms with Gasteiger partial charge in [-0.3, -0.25) is 4.79 Å². The molecule has 0 saturated carbocycles. The summed E-state index contributed by atoms with van der Waals surface area (Å²) in [6.07, 6.45) is 5.57. The van der Waals surface area contributed by atoms with Crippen molar-refractivity contribution in [2.24, 2.45) is 11.7 Å². The molecule has 1 fully saturated rings. The summed E-state index contributed by atoms with van der Waals surface area (Å²) in [6, 6.07) is 0. The summed E-state index contributed by atoms with van der Waals surface area (Å²) < 4.78 is 0. The first-order chi connectivity index (χ1) is 7.95. The van der Waals surface area contributed by atoms with Crippen LogP contribution in [0, 0.1) is 5.92 Å². The van der Waals surface area contributed by atoms with Gasteiger partial charge in [-0.15, -0.1) is 0 Å². The van der Waals surface area contributed by atoms with E-state index in [0.717, 1.165) is 25.6 Å². The highest BCUT2D eigenvalue weighted by Crippen LogP contribution is 2.20. The molecule has 0 aromatic carbocycles. The Morgan fingerprint density at radius 2 is 2.18 bits per heavy atom. The summed E-state index contributed by atoms with van der Waals surface area (Å²) in [7, 11) is 0. The van der Waals surface area contributed by atoms with Gasteiger partial charge in [-0.25, -0.2) is 0 Å². The molecule has 0 spiro atoms. The fourth-order valence-electron chi connectivity index (χ4n) is 2.35. The molecular weight excluding hydrogens is 216 g/mol. The van der Waals surface area contributed by atoms with Gasteiger partial charge in [-0.05, 0) is 51.6 Å². The van der Waals surface area contributed by atoms with Crippen LogP contribution >= 0.6 is 0 Å². The minimum absolute atomic E-state index is 0.527. The Morgan fingerprint density at radius 1 is 1.47 bits per heavy atom. The van der Waals surface area contributed by atoms with E-state index in [2.05, 4.69) is 11.8 Å². The maximum absolute atomic E-state index is 10.9. The van der Waals surface area contributed by atoms with Crippen molar-refractivity contribution in [3.63, 3.8) is 0 Å². The van der Waals surface area contributed by atoms with E-state index in [1.807, 2.05) is 0 Å². The van der Waals surface area contributed by atoms with E-state index in [9.17, 15) is 4.79 Å². The average molecular weight is 242 g/mol. The van der Waals surface area contributed by atoms with Gasteiger partial charge in [0.2, 0.25) is 0 Å². The molecule has 3 N–H and O–H groups in total. The second-order valence-corrected chi connectivity index (χ2v) is 5.52. The van der Waals surface area contributed by atoms with E-state index < -0.39 is 11.5 Å². The van der Waals surface area contributed by atoms with Crippen molar-refractivity contribution in [1.29, 1.82) is 0 Å². The minimum Gasteiger partial charge on any atom is -0.480 e. The van der Waals surface area contributed by atoms with Crippen LogP contribution in [0.15, 0.2) is 0 Å². The quantitative estimate of drug-likeness (QED) is 0.770. The van der Waals surface area contributed by atoms with Crippen molar-refractivity contribution < 1.29 is 9.90 Å². The van der Waals surface area contributed by atoms with Gasteiger partial charge in [0.05, 0.1) is 0 Å². The van der Waals surface area contributed by atoms with Gasteiger partial charge in [-0.2, -0.15) is 0 Å². The number of nitrogens with two attached hydrogens (primary N) is 1. The molecule has 0 aromatic rings. The number of aliphatic carboxylic acids is 1. The Hall–Kier alpha value is -0.610. The Morgan fingerprint density at radius 3 is 2.76 bits per heavy atom. The van der Waals surface area contributed by atoms with Crippen LogP contribution in [0.25, 0.3) is 0 Å². The number of carboxylic acid groups (broad SMARTS) is 1. The first-order valence-corrected chi connectivity index (χ1v) is 6.70. The summed E-state index contributed by atoms with van der Waals surface area (Å²) in [5, 5.41) is 8.96. The number of likely N-dealkylation sites (tertiary alicyclic amines) is 1. The van der Waals surface area contributed by atoms with Gasteiger partial charge in [0.25, 0.3) is 0 Å². The van der Waals surface area contributed by atoms with Gasteiger partial charge >= 0.3 is 5.97 Å². The Labute approximate surface area is 104 Å². The average Bonchev–Trinajstić information content (AvgIpc) is 2.51.